The topological polar surface area (TPSA) is 120 Å². The number of esters is 1. The number of fused-ring (bicyclic) bond motifs is 1. The summed E-state index contributed by atoms with van der Waals surface area (Å²) in [6.07, 6.45) is 4.77. The molecule has 1 fully saturated rings. The van der Waals surface area contributed by atoms with Crippen molar-refractivity contribution in [3.05, 3.63) is 24.2 Å². The molecule has 0 unspecified atom stereocenters. The fourth-order valence-electron chi connectivity index (χ4n) is 2.69. The summed E-state index contributed by atoms with van der Waals surface area (Å²) in [5.74, 6) is -1.37. The maximum Gasteiger partial charge on any atom is 0.325 e. The lowest BCUT2D eigenvalue weighted by molar-refractivity contribution is -0.149. The number of amides is 2. The third-order valence-electron chi connectivity index (χ3n) is 3.99. The number of carbonyl (C=O) groups excluding carboxylic acids is 3. The largest absolute Gasteiger partial charge is 0.465 e. The predicted octanol–water partition coefficient (Wildman–Crippen LogP) is 0.0843. The number of hydrogen-bond acceptors (Lipinski definition) is 6. The Kier molecular flexibility index (Phi) is 4.64. The van der Waals surface area contributed by atoms with E-state index in [0.717, 1.165) is 12.8 Å². The van der Waals surface area contributed by atoms with Crippen molar-refractivity contribution in [3.8, 4) is 0 Å². The van der Waals surface area contributed by atoms with E-state index in [2.05, 4.69) is 10.1 Å². The molecule has 1 saturated carbocycles. The molecule has 0 aliphatic heterocycles. The smallest absolute Gasteiger partial charge is 0.325 e. The molecule has 25 heavy (non-hydrogen) atoms. The van der Waals surface area contributed by atoms with E-state index in [1.54, 1.807) is 13.0 Å². The van der Waals surface area contributed by atoms with E-state index in [4.69, 9.17) is 10.5 Å². The Bertz CT molecular complexity index is 827. The van der Waals surface area contributed by atoms with Crippen LogP contribution in [0.25, 0.3) is 10.9 Å². The van der Waals surface area contributed by atoms with Gasteiger partial charge in [0.05, 0.1) is 18.3 Å². The van der Waals surface area contributed by atoms with Crippen LogP contribution < -0.4 is 5.73 Å². The van der Waals surface area contributed by atoms with Gasteiger partial charge >= 0.3 is 5.97 Å². The zero-order chi connectivity index (χ0) is 18.0. The Balaban J connectivity index is 1.83. The molecule has 1 aliphatic rings. The first kappa shape index (κ1) is 16.9. The van der Waals surface area contributed by atoms with Crippen LogP contribution in [0.1, 0.15) is 30.3 Å². The average Bonchev–Trinajstić information content (AvgIpc) is 3.35. The van der Waals surface area contributed by atoms with Gasteiger partial charge in [-0.25, -0.2) is 0 Å². The quantitative estimate of drug-likeness (QED) is 0.710. The van der Waals surface area contributed by atoms with Gasteiger partial charge in [0.25, 0.3) is 5.91 Å². The van der Waals surface area contributed by atoms with Crippen molar-refractivity contribution >= 4 is 28.7 Å². The Labute approximate surface area is 143 Å². The monoisotopic (exact) mass is 345 g/mol. The van der Waals surface area contributed by atoms with Crippen molar-refractivity contribution in [2.45, 2.75) is 32.4 Å². The lowest BCUT2D eigenvalue weighted by atomic mass is 10.2. The lowest BCUT2D eigenvalue weighted by Crippen LogP contribution is -2.40. The minimum atomic E-state index is -0.673. The highest BCUT2D eigenvalue weighted by Crippen LogP contribution is 2.27. The highest BCUT2D eigenvalue weighted by molar-refractivity contribution is 6.04. The molecule has 0 saturated heterocycles. The normalized spacial score (nSPS) is 13.6. The molecule has 2 heterocycles. The molecule has 9 nitrogen and oxygen atoms in total. The van der Waals surface area contributed by atoms with Crippen LogP contribution in [0.2, 0.25) is 0 Å². The molecule has 2 amide bonds. The molecule has 0 aromatic carbocycles. The summed E-state index contributed by atoms with van der Waals surface area (Å²) in [4.78, 5) is 41.5. The lowest BCUT2D eigenvalue weighted by Gasteiger charge is -2.21. The highest BCUT2D eigenvalue weighted by atomic mass is 16.5. The van der Waals surface area contributed by atoms with E-state index in [0.29, 0.717) is 10.9 Å². The van der Waals surface area contributed by atoms with E-state index in [9.17, 15) is 14.4 Å². The number of carbonyl (C=O) groups is 3. The second-order valence-corrected chi connectivity index (χ2v) is 5.82. The van der Waals surface area contributed by atoms with Crippen LogP contribution in [0.3, 0.4) is 0 Å². The van der Waals surface area contributed by atoms with Crippen LogP contribution in [-0.2, 0) is 20.9 Å². The molecular weight excluding hydrogens is 326 g/mol. The van der Waals surface area contributed by atoms with E-state index >= 15 is 0 Å². The molecule has 1 aliphatic carbocycles. The van der Waals surface area contributed by atoms with Gasteiger partial charge in [-0.15, -0.1) is 0 Å². The third-order valence-corrected chi connectivity index (χ3v) is 3.99. The standard InChI is InChI=1S/C16H19N5O4/c1-2-25-14(23)9-20(10-3-4-10)13(22)8-21-12-7-18-6-5-11(12)15(19-21)16(17)24/h5-7,10H,2-4,8-9H2,1H3,(H2,17,24). The van der Waals surface area contributed by atoms with Crippen LogP contribution in [0, 0.1) is 0 Å². The number of primary amides is 1. The predicted molar refractivity (Wildman–Crippen MR) is 87.4 cm³/mol. The zero-order valence-electron chi connectivity index (χ0n) is 13.8. The van der Waals surface area contributed by atoms with Crippen molar-refractivity contribution in [3.63, 3.8) is 0 Å². The van der Waals surface area contributed by atoms with Gasteiger partial charge in [0.15, 0.2) is 5.69 Å². The number of nitrogens with zero attached hydrogens (tertiary/aromatic N) is 4. The first-order chi connectivity index (χ1) is 12.0. The van der Waals surface area contributed by atoms with Gasteiger partial charge < -0.3 is 15.4 Å². The van der Waals surface area contributed by atoms with Crippen molar-refractivity contribution in [1.82, 2.24) is 19.7 Å². The SMILES string of the molecule is CCOC(=O)CN(C(=O)Cn1nc(C(N)=O)c2ccncc21)C1CC1. The average molecular weight is 345 g/mol. The van der Waals surface area contributed by atoms with E-state index < -0.39 is 11.9 Å². The summed E-state index contributed by atoms with van der Waals surface area (Å²) in [7, 11) is 0. The second kappa shape index (κ2) is 6.88. The van der Waals surface area contributed by atoms with Crippen LogP contribution in [0.4, 0.5) is 0 Å². The molecule has 0 spiro atoms. The summed E-state index contributed by atoms with van der Waals surface area (Å²) in [6, 6.07) is 1.67. The molecule has 3 rings (SSSR count). The highest BCUT2D eigenvalue weighted by Gasteiger charge is 2.34. The Hall–Kier alpha value is -2.97. The zero-order valence-corrected chi connectivity index (χ0v) is 13.8. The van der Waals surface area contributed by atoms with Crippen molar-refractivity contribution < 1.29 is 19.1 Å². The van der Waals surface area contributed by atoms with Gasteiger partial charge in [-0.1, -0.05) is 0 Å². The van der Waals surface area contributed by atoms with Crippen LogP contribution in [-0.4, -0.2) is 56.6 Å². The number of nitrogens with two attached hydrogens (primary N) is 1. The molecular formula is C16H19N5O4. The van der Waals surface area contributed by atoms with Gasteiger partial charge in [-0.05, 0) is 25.8 Å². The number of ether oxygens (including phenoxy) is 1. The molecule has 0 atom stereocenters. The minimum absolute atomic E-state index is 0.0486. The second-order valence-electron chi connectivity index (χ2n) is 5.82. The van der Waals surface area contributed by atoms with Crippen molar-refractivity contribution in [2.75, 3.05) is 13.2 Å². The summed E-state index contributed by atoms with van der Waals surface area (Å²) >= 11 is 0. The molecule has 9 heteroatoms. The summed E-state index contributed by atoms with van der Waals surface area (Å²) in [6.45, 7) is 1.79. The first-order valence-corrected chi connectivity index (χ1v) is 8.06. The van der Waals surface area contributed by atoms with Gasteiger partial charge in [0.1, 0.15) is 13.1 Å². The Morgan fingerprint density at radius 2 is 2.16 bits per heavy atom. The van der Waals surface area contributed by atoms with Crippen molar-refractivity contribution in [2.24, 2.45) is 5.73 Å². The molecule has 2 aromatic heterocycles. The van der Waals surface area contributed by atoms with Gasteiger partial charge in [-0.3, -0.25) is 24.0 Å². The summed E-state index contributed by atoms with van der Waals surface area (Å²) in [5, 5.41) is 4.69. The van der Waals surface area contributed by atoms with Gasteiger partial charge in [-0.2, -0.15) is 5.10 Å². The number of pyridine rings is 1. The number of rotatable bonds is 7. The number of aromatic nitrogens is 3. The van der Waals surface area contributed by atoms with E-state index in [-0.39, 0.29) is 37.3 Å². The molecule has 0 bridgehead atoms. The Morgan fingerprint density at radius 3 is 2.80 bits per heavy atom. The minimum Gasteiger partial charge on any atom is -0.465 e. The molecule has 2 aromatic rings. The van der Waals surface area contributed by atoms with Crippen LogP contribution >= 0.6 is 0 Å². The van der Waals surface area contributed by atoms with E-state index in [1.807, 2.05) is 0 Å². The molecule has 2 N–H and O–H groups in total. The first-order valence-electron chi connectivity index (χ1n) is 8.06. The Morgan fingerprint density at radius 1 is 1.40 bits per heavy atom. The van der Waals surface area contributed by atoms with E-state index in [1.165, 1.54) is 22.0 Å². The van der Waals surface area contributed by atoms with Gasteiger partial charge in [0.2, 0.25) is 5.91 Å². The summed E-state index contributed by atoms with van der Waals surface area (Å²) in [5.41, 5.74) is 5.98. The van der Waals surface area contributed by atoms with Crippen LogP contribution in [0.5, 0.6) is 0 Å². The maximum atomic E-state index is 12.7. The third kappa shape index (κ3) is 3.59. The van der Waals surface area contributed by atoms with Gasteiger partial charge in [0, 0.05) is 17.6 Å². The fourth-order valence-corrected chi connectivity index (χ4v) is 2.69. The maximum absolute atomic E-state index is 12.7. The molecule has 0 radical (unpaired) electrons. The fraction of sp³-hybridized carbons (Fsp3) is 0.438. The molecule has 132 valence electrons. The van der Waals surface area contributed by atoms with Crippen LogP contribution in [0.15, 0.2) is 18.5 Å². The summed E-state index contributed by atoms with van der Waals surface area (Å²) < 4.78 is 6.32. The van der Waals surface area contributed by atoms with Crippen molar-refractivity contribution in [1.29, 1.82) is 0 Å². The number of hydrogen-bond donors (Lipinski definition) is 1.